The number of para-hydroxylation sites is 1. The highest BCUT2D eigenvalue weighted by molar-refractivity contribution is 9.10. The zero-order valence-electron chi connectivity index (χ0n) is 15.2. The van der Waals surface area contributed by atoms with Crippen molar-refractivity contribution in [3.8, 4) is 17.7 Å². The fourth-order valence-corrected chi connectivity index (χ4v) is 4.79. The molecule has 0 aliphatic carbocycles. The molecule has 2 aromatic heterocycles. The number of aromatic nitrogens is 2. The standard InChI is InChI=1S/C20H17BrN4O2S/c1-10-17-18(13(8-22)19(23)27-20(17)25-24-10)16-7-12(11(2)28-16)9-26-15-6-4-3-5-14(15)21/h3-7,18H,9,23H2,1-2H3,(H,24,25)/t18-/m1/s1. The van der Waals surface area contributed by atoms with Crippen LogP contribution in [-0.2, 0) is 6.61 Å². The highest BCUT2D eigenvalue weighted by Gasteiger charge is 2.35. The van der Waals surface area contributed by atoms with Crippen molar-refractivity contribution in [3.05, 3.63) is 72.8 Å². The summed E-state index contributed by atoms with van der Waals surface area (Å²) in [6, 6.07) is 12.0. The molecule has 0 amide bonds. The van der Waals surface area contributed by atoms with Crippen LogP contribution in [0.15, 0.2) is 46.3 Å². The Hall–Kier alpha value is -2.76. The number of aromatic amines is 1. The van der Waals surface area contributed by atoms with Gasteiger partial charge >= 0.3 is 0 Å². The van der Waals surface area contributed by atoms with E-state index in [1.807, 2.05) is 31.2 Å². The molecule has 1 aliphatic heterocycles. The second-order valence-electron chi connectivity index (χ2n) is 6.44. The molecule has 8 heteroatoms. The van der Waals surface area contributed by atoms with Crippen molar-refractivity contribution >= 4 is 27.3 Å². The normalized spacial score (nSPS) is 15.7. The fraction of sp³-hybridized carbons (Fsp3) is 0.200. The van der Waals surface area contributed by atoms with Crippen molar-refractivity contribution in [1.82, 2.24) is 10.2 Å². The average molecular weight is 457 g/mol. The van der Waals surface area contributed by atoms with Crippen LogP contribution in [0, 0.1) is 25.2 Å². The Labute approximate surface area is 174 Å². The number of aryl methyl sites for hydroxylation is 2. The van der Waals surface area contributed by atoms with Crippen LogP contribution in [0.2, 0.25) is 0 Å². The van der Waals surface area contributed by atoms with Gasteiger partial charge in [-0.2, -0.15) is 5.26 Å². The molecule has 0 radical (unpaired) electrons. The van der Waals surface area contributed by atoms with Crippen LogP contribution in [0.1, 0.15) is 32.5 Å². The lowest BCUT2D eigenvalue weighted by Crippen LogP contribution is -2.20. The van der Waals surface area contributed by atoms with Crippen LogP contribution in [0.25, 0.3) is 0 Å². The Balaban J connectivity index is 1.69. The number of nitrogens with two attached hydrogens (primary N) is 1. The van der Waals surface area contributed by atoms with Gasteiger partial charge < -0.3 is 15.2 Å². The maximum absolute atomic E-state index is 9.68. The van der Waals surface area contributed by atoms with E-state index in [2.05, 4.69) is 45.2 Å². The summed E-state index contributed by atoms with van der Waals surface area (Å²) in [5, 5.41) is 16.8. The largest absolute Gasteiger partial charge is 0.488 e. The highest BCUT2D eigenvalue weighted by atomic mass is 79.9. The summed E-state index contributed by atoms with van der Waals surface area (Å²) in [5.41, 5.74) is 9.17. The highest BCUT2D eigenvalue weighted by Crippen LogP contribution is 2.45. The number of allylic oxidation sites excluding steroid dienone is 1. The summed E-state index contributed by atoms with van der Waals surface area (Å²) in [6.07, 6.45) is 0. The average Bonchev–Trinajstić information content (AvgIpc) is 3.22. The first-order valence-corrected chi connectivity index (χ1v) is 10.2. The van der Waals surface area contributed by atoms with Crippen molar-refractivity contribution in [2.45, 2.75) is 26.4 Å². The minimum Gasteiger partial charge on any atom is -0.488 e. The quantitative estimate of drug-likeness (QED) is 0.595. The van der Waals surface area contributed by atoms with E-state index in [4.69, 9.17) is 15.2 Å². The van der Waals surface area contributed by atoms with Crippen LogP contribution in [-0.4, -0.2) is 10.2 Å². The molecule has 0 saturated heterocycles. The number of hydrogen-bond acceptors (Lipinski definition) is 6. The van der Waals surface area contributed by atoms with Gasteiger partial charge in [0.1, 0.15) is 24.0 Å². The molecule has 0 saturated carbocycles. The maximum Gasteiger partial charge on any atom is 0.244 e. The van der Waals surface area contributed by atoms with Crippen LogP contribution >= 0.6 is 27.3 Å². The number of nitriles is 1. The maximum atomic E-state index is 9.68. The lowest BCUT2D eigenvalue weighted by Gasteiger charge is -2.22. The van der Waals surface area contributed by atoms with Crippen LogP contribution in [0.5, 0.6) is 11.6 Å². The Morgan fingerprint density at radius 3 is 2.93 bits per heavy atom. The molecule has 6 nitrogen and oxygen atoms in total. The molecule has 0 bridgehead atoms. The van der Waals surface area contributed by atoms with E-state index < -0.39 is 0 Å². The van der Waals surface area contributed by atoms with E-state index in [-0.39, 0.29) is 11.8 Å². The third-order valence-corrected chi connectivity index (χ3v) is 6.49. The van der Waals surface area contributed by atoms with Crippen LogP contribution in [0.3, 0.4) is 0 Å². The topological polar surface area (TPSA) is 97.0 Å². The molecule has 0 fully saturated rings. The predicted molar refractivity (Wildman–Crippen MR) is 110 cm³/mol. The summed E-state index contributed by atoms with van der Waals surface area (Å²) in [4.78, 5) is 2.14. The number of fused-ring (bicyclic) bond motifs is 1. The smallest absolute Gasteiger partial charge is 0.244 e. The van der Waals surface area contributed by atoms with Crippen molar-refractivity contribution in [1.29, 1.82) is 5.26 Å². The van der Waals surface area contributed by atoms with E-state index in [0.29, 0.717) is 18.1 Å². The van der Waals surface area contributed by atoms with Gasteiger partial charge in [-0.15, -0.1) is 16.4 Å². The first-order valence-electron chi connectivity index (χ1n) is 8.58. The minimum atomic E-state index is -0.298. The Kier molecular flexibility index (Phi) is 4.87. The summed E-state index contributed by atoms with van der Waals surface area (Å²) >= 11 is 5.13. The number of H-pyrrole nitrogens is 1. The van der Waals surface area contributed by atoms with Crippen LogP contribution in [0.4, 0.5) is 0 Å². The molecule has 3 aromatic rings. The number of nitrogens with zero attached hydrogens (tertiary/aromatic N) is 2. The van der Waals surface area contributed by atoms with Gasteiger partial charge in [-0.1, -0.05) is 12.1 Å². The number of rotatable bonds is 4. The molecule has 0 spiro atoms. The van der Waals surface area contributed by atoms with Crippen molar-refractivity contribution in [2.75, 3.05) is 0 Å². The third kappa shape index (κ3) is 3.17. The lowest BCUT2D eigenvalue weighted by atomic mass is 9.88. The lowest BCUT2D eigenvalue weighted by molar-refractivity contribution is 0.304. The third-order valence-electron chi connectivity index (χ3n) is 4.67. The Morgan fingerprint density at radius 2 is 2.18 bits per heavy atom. The number of benzene rings is 1. The number of thiophene rings is 1. The van der Waals surface area contributed by atoms with Gasteiger partial charge in [0.15, 0.2) is 0 Å². The van der Waals surface area contributed by atoms with Crippen molar-refractivity contribution < 1.29 is 9.47 Å². The molecule has 142 valence electrons. The number of hydrogen-bond donors (Lipinski definition) is 2. The molecule has 1 aromatic carbocycles. The van der Waals surface area contributed by atoms with Gasteiger partial charge in [0.05, 0.1) is 16.0 Å². The van der Waals surface area contributed by atoms with Gasteiger partial charge in [-0.3, -0.25) is 5.10 Å². The van der Waals surface area contributed by atoms with E-state index in [0.717, 1.165) is 36.8 Å². The van der Waals surface area contributed by atoms with E-state index >= 15 is 0 Å². The van der Waals surface area contributed by atoms with Gasteiger partial charge in [-0.05, 0) is 48.0 Å². The Morgan fingerprint density at radius 1 is 1.39 bits per heavy atom. The van der Waals surface area contributed by atoms with Crippen molar-refractivity contribution in [3.63, 3.8) is 0 Å². The summed E-state index contributed by atoms with van der Waals surface area (Å²) in [7, 11) is 0. The molecule has 3 heterocycles. The van der Waals surface area contributed by atoms with E-state index in [1.165, 1.54) is 0 Å². The molecular formula is C20H17BrN4O2S. The molecule has 4 rings (SSSR count). The molecular weight excluding hydrogens is 440 g/mol. The van der Waals surface area contributed by atoms with E-state index in [1.54, 1.807) is 11.3 Å². The summed E-state index contributed by atoms with van der Waals surface area (Å²) in [6.45, 7) is 4.40. The second kappa shape index (κ2) is 7.34. The predicted octanol–water partition coefficient (Wildman–Crippen LogP) is 4.65. The molecule has 28 heavy (non-hydrogen) atoms. The van der Waals surface area contributed by atoms with Crippen molar-refractivity contribution in [2.24, 2.45) is 5.73 Å². The monoisotopic (exact) mass is 456 g/mol. The zero-order chi connectivity index (χ0) is 19.8. The van der Waals surface area contributed by atoms with Gasteiger partial charge in [0.25, 0.3) is 0 Å². The SMILES string of the molecule is Cc1[nH]nc2c1[C@@H](c1cc(COc3ccccc3Br)c(C)s1)C(C#N)=C(N)O2. The first-order chi connectivity index (χ1) is 13.5. The van der Waals surface area contributed by atoms with Gasteiger partial charge in [0.2, 0.25) is 11.8 Å². The van der Waals surface area contributed by atoms with E-state index in [9.17, 15) is 5.26 Å². The summed E-state index contributed by atoms with van der Waals surface area (Å²) < 4.78 is 12.4. The Bertz CT molecular complexity index is 1130. The minimum absolute atomic E-state index is 0.101. The number of halogens is 1. The first kappa shape index (κ1) is 18.6. The van der Waals surface area contributed by atoms with Crippen LogP contribution < -0.4 is 15.2 Å². The second-order valence-corrected chi connectivity index (χ2v) is 8.58. The summed E-state index contributed by atoms with van der Waals surface area (Å²) in [5.74, 6) is 1.02. The van der Waals surface area contributed by atoms with Gasteiger partial charge in [0, 0.05) is 21.0 Å². The fourth-order valence-electron chi connectivity index (χ4n) is 3.23. The molecule has 1 atom stereocenters. The zero-order valence-corrected chi connectivity index (χ0v) is 17.6. The number of nitrogens with one attached hydrogen (secondary N) is 1. The molecule has 1 aliphatic rings. The van der Waals surface area contributed by atoms with Gasteiger partial charge in [-0.25, -0.2) is 0 Å². The molecule has 0 unspecified atom stereocenters. The number of ether oxygens (including phenoxy) is 2. The molecule has 3 N–H and O–H groups in total.